The van der Waals surface area contributed by atoms with Crippen molar-refractivity contribution < 1.29 is 14.0 Å². The van der Waals surface area contributed by atoms with Crippen LogP contribution in [0.25, 0.3) is 17.0 Å². The Hall–Kier alpha value is -2.86. The average Bonchev–Trinajstić information content (AvgIpc) is 3.07. The minimum Gasteiger partial charge on any atom is -0.340 e. The van der Waals surface area contributed by atoms with E-state index in [-0.39, 0.29) is 17.0 Å². The Morgan fingerprint density at radius 2 is 1.78 bits per heavy atom. The fourth-order valence-electron chi connectivity index (χ4n) is 3.32. The monoisotopic (exact) mass is 380 g/mol. The lowest BCUT2D eigenvalue weighted by atomic mass is 10.1. The van der Waals surface area contributed by atoms with Crippen molar-refractivity contribution >= 4 is 39.9 Å². The number of carbonyl (C=O) groups is 2. The summed E-state index contributed by atoms with van der Waals surface area (Å²) in [7, 11) is 1.48. The minimum atomic E-state index is -0.296. The van der Waals surface area contributed by atoms with Crippen LogP contribution in [-0.2, 0) is 11.3 Å². The van der Waals surface area contributed by atoms with Gasteiger partial charge in [-0.2, -0.15) is 0 Å². The number of benzene rings is 2. The molecule has 1 aromatic heterocycles. The molecule has 0 unspecified atom stereocenters. The van der Waals surface area contributed by atoms with Gasteiger partial charge in [0, 0.05) is 34.8 Å². The summed E-state index contributed by atoms with van der Waals surface area (Å²) < 4.78 is 16.2. The number of likely N-dealkylation sites (N-methyl/N-ethyl adjacent to an activating group) is 1. The zero-order chi connectivity index (χ0) is 19.1. The van der Waals surface area contributed by atoms with E-state index < -0.39 is 0 Å². The molecule has 27 heavy (non-hydrogen) atoms. The van der Waals surface area contributed by atoms with Gasteiger partial charge in [-0.1, -0.05) is 36.4 Å². The van der Waals surface area contributed by atoms with E-state index >= 15 is 0 Å². The summed E-state index contributed by atoms with van der Waals surface area (Å²) in [6, 6.07) is 14.5. The van der Waals surface area contributed by atoms with Gasteiger partial charge in [0.2, 0.25) is 0 Å². The van der Waals surface area contributed by atoms with Crippen molar-refractivity contribution in [2.75, 3.05) is 7.05 Å². The molecule has 4 rings (SSSR count). The summed E-state index contributed by atoms with van der Waals surface area (Å²) in [6.07, 6.45) is 1.77. The molecule has 1 saturated heterocycles. The van der Waals surface area contributed by atoms with E-state index in [1.54, 1.807) is 18.2 Å². The van der Waals surface area contributed by atoms with Crippen molar-refractivity contribution in [1.29, 1.82) is 0 Å². The number of fused-ring (bicyclic) bond motifs is 1. The van der Waals surface area contributed by atoms with Gasteiger partial charge in [-0.15, -0.1) is 0 Å². The number of halogens is 1. The number of hydrogen-bond donors (Lipinski definition) is 0. The largest absolute Gasteiger partial charge is 0.340 e. The predicted octanol–water partition coefficient (Wildman–Crippen LogP) is 4.80. The highest BCUT2D eigenvalue weighted by Crippen LogP contribution is 2.35. The molecule has 3 aromatic rings. The van der Waals surface area contributed by atoms with Gasteiger partial charge in [0.05, 0.1) is 11.4 Å². The number of thioether (sulfide) groups is 1. The quantitative estimate of drug-likeness (QED) is 0.613. The van der Waals surface area contributed by atoms with Gasteiger partial charge < -0.3 is 4.57 Å². The molecule has 1 fully saturated rings. The molecule has 2 amide bonds. The molecule has 0 atom stereocenters. The fourth-order valence-corrected chi connectivity index (χ4v) is 4.13. The molecule has 0 aliphatic carbocycles. The molecule has 4 nitrogen and oxygen atoms in total. The van der Waals surface area contributed by atoms with Crippen LogP contribution in [0.4, 0.5) is 9.18 Å². The van der Waals surface area contributed by atoms with Crippen molar-refractivity contribution in [1.82, 2.24) is 9.47 Å². The zero-order valence-corrected chi connectivity index (χ0v) is 15.7. The molecule has 1 aliphatic heterocycles. The van der Waals surface area contributed by atoms with Crippen LogP contribution in [0.5, 0.6) is 0 Å². The molecule has 0 saturated carbocycles. The lowest BCUT2D eigenvalue weighted by Crippen LogP contribution is -2.22. The van der Waals surface area contributed by atoms with E-state index in [1.807, 2.05) is 41.8 Å². The van der Waals surface area contributed by atoms with E-state index in [1.165, 1.54) is 13.1 Å². The van der Waals surface area contributed by atoms with Crippen molar-refractivity contribution in [2.24, 2.45) is 0 Å². The first-order chi connectivity index (χ1) is 13.0. The number of hydrogen-bond acceptors (Lipinski definition) is 3. The summed E-state index contributed by atoms with van der Waals surface area (Å²) in [5.74, 6) is -0.543. The first-order valence-electron chi connectivity index (χ1n) is 8.50. The van der Waals surface area contributed by atoms with Crippen LogP contribution in [0.1, 0.15) is 16.8 Å². The first kappa shape index (κ1) is 17.5. The third-order valence-corrected chi connectivity index (χ3v) is 5.79. The van der Waals surface area contributed by atoms with E-state index in [9.17, 15) is 14.0 Å². The number of aromatic nitrogens is 1. The number of amides is 2. The molecule has 0 spiro atoms. The third-order valence-electron chi connectivity index (χ3n) is 4.83. The van der Waals surface area contributed by atoms with Crippen molar-refractivity contribution in [2.45, 2.75) is 13.5 Å². The highest BCUT2D eigenvalue weighted by Gasteiger charge is 2.32. The lowest BCUT2D eigenvalue weighted by Gasteiger charge is -2.09. The zero-order valence-electron chi connectivity index (χ0n) is 14.9. The van der Waals surface area contributed by atoms with Crippen LogP contribution in [-0.4, -0.2) is 27.7 Å². The summed E-state index contributed by atoms with van der Waals surface area (Å²) in [5.41, 5.74) is 3.35. The van der Waals surface area contributed by atoms with Gasteiger partial charge in [-0.05, 0) is 36.9 Å². The van der Waals surface area contributed by atoms with Gasteiger partial charge in [-0.3, -0.25) is 14.5 Å². The molecule has 1 aliphatic rings. The van der Waals surface area contributed by atoms with Gasteiger partial charge >= 0.3 is 0 Å². The number of carbonyl (C=O) groups excluding carboxylic acids is 2. The van der Waals surface area contributed by atoms with Crippen LogP contribution in [0.2, 0.25) is 0 Å². The summed E-state index contributed by atoms with van der Waals surface area (Å²) in [6.45, 7) is 2.34. The predicted molar refractivity (Wildman–Crippen MR) is 106 cm³/mol. The SMILES string of the molecule is Cc1c(/C=C2/SC(=O)N(C)C2=O)c2ccccc2n1Cc1ccccc1F. The molecular weight excluding hydrogens is 363 g/mol. The smallest absolute Gasteiger partial charge is 0.293 e. The van der Waals surface area contributed by atoms with Gasteiger partial charge in [0.25, 0.3) is 11.1 Å². The summed E-state index contributed by atoms with van der Waals surface area (Å²) in [4.78, 5) is 25.6. The highest BCUT2D eigenvalue weighted by molar-refractivity contribution is 8.18. The maximum atomic E-state index is 14.2. The Bertz CT molecular complexity index is 1120. The first-order valence-corrected chi connectivity index (χ1v) is 9.32. The van der Waals surface area contributed by atoms with Crippen LogP contribution in [0.15, 0.2) is 53.4 Å². The number of nitrogens with zero attached hydrogens (tertiary/aromatic N) is 2. The van der Waals surface area contributed by atoms with Gasteiger partial charge in [0.15, 0.2) is 0 Å². The van der Waals surface area contributed by atoms with E-state index in [0.29, 0.717) is 17.0 Å². The average molecular weight is 380 g/mol. The molecular formula is C21H17FN2O2S. The van der Waals surface area contributed by atoms with Crippen LogP contribution in [0.3, 0.4) is 0 Å². The fraction of sp³-hybridized carbons (Fsp3) is 0.143. The van der Waals surface area contributed by atoms with Crippen LogP contribution < -0.4 is 0 Å². The van der Waals surface area contributed by atoms with Gasteiger partial charge in [-0.25, -0.2) is 4.39 Å². The molecule has 2 heterocycles. The van der Waals surface area contributed by atoms with Gasteiger partial charge in [0.1, 0.15) is 5.82 Å². The number of para-hydroxylation sites is 1. The molecule has 136 valence electrons. The van der Waals surface area contributed by atoms with Crippen LogP contribution in [0, 0.1) is 12.7 Å². The highest BCUT2D eigenvalue weighted by atomic mass is 32.2. The Labute approximate surface area is 160 Å². The Kier molecular flexibility index (Phi) is 4.36. The molecule has 0 bridgehead atoms. The topological polar surface area (TPSA) is 42.3 Å². The normalized spacial score (nSPS) is 16.1. The Morgan fingerprint density at radius 1 is 1.07 bits per heavy atom. The Morgan fingerprint density at radius 3 is 2.48 bits per heavy atom. The minimum absolute atomic E-state index is 0.247. The van der Waals surface area contributed by atoms with Crippen molar-refractivity contribution in [3.63, 3.8) is 0 Å². The van der Waals surface area contributed by atoms with E-state index in [0.717, 1.165) is 38.8 Å². The van der Waals surface area contributed by atoms with Crippen LogP contribution >= 0.6 is 11.8 Å². The second kappa shape index (κ2) is 6.70. The van der Waals surface area contributed by atoms with E-state index in [2.05, 4.69) is 0 Å². The van der Waals surface area contributed by atoms with E-state index in [4.69, 9.17) is 0 Å². The molecule has 6 heteroatoms. The summed E-state index contributed by atoms with van der Waals surface area (Å²) in [5, 5.41) is 0.688. The molecule has 2 aromatic carbocycles. The molecule has 0 radical (unpaired) electrons. The standard InChI is InChI=1S/C21H17FN2O2S/c1-13-16(11-19-20(25)23(2)21(26)27-19)15-8-4-6-10-18(15)24(13)12-14-7-3-5-9-17(14)22/h3-11H,12H2,1-2H3/b19-11+. The second-order valence-corrected chi connectivity index (χ2v) is 7.43. The number of rotatable bonds is 3. The summed E-state index contributed by atoms with van der Waals surface area (Å²) >= 11 is 0.939. The third kappa shape index (κ3) is 2.96. The second-order valence-electron chi connectivity index (χ2n) is 6.43. The van der Waals surface area contributed by atoms with Crippen molar-refractivity contribution in [3.05, 3.63) is 76.1 Å². The lowest BCUT2D eigenvalue weighted by molar-refractivity contribution is -0.121. The molecule has 0 N–H and O–H groups in total. The maximum Gasteiger partial charge on any atom is 0.293 e. The number of imide groups is 1. The Balaban J connectivity index is 1.86. The maximum absolute atomic E-state index is 14.2. The van der Waals surface area contributed by atoms with Crippen molar-refractivity contribution in [3.8, 4) is 0 Å².